The van der Waals surface area contributed by atoms with Crippen LogP contribution in [-0.2, 0) is 74.7 Å². The van der Waals surface area contributed by atoms with Gasteiger partial charge in [-0.3, -0.25) is 52.6 Å². The summed E-state index contributed by atoms with van der Waals surface area (Å²) in [5, 5.41) is 44.5. The molecule has 0 bridgehead atoms. The number of pyridine rings is 5. The number of H-pyrrole nitrogens is 3. The predicted octanol–water partition coefficient (Wildman–Crippen LogP) is 21.0. The Morgan fingerprint density at radius 2 is 0.906 bits per heavy atom. The summed E-state index contributed by atoms with van der Waals surface area (Å²) in [7, 11) is 1.63. The van der Waals surface area contributed by atoms with E-state index < -0.39 is 70.6 Å². The van der Waals surface area contributed by atoms with Crippen LogP contribution in [0.3, 0.4) is 0 Å². The normalized spacial score (nSPS) is 11.4. The molecule has 2 radical (unpaired) electrons. The Bertz CT molecular complexity index is 6180. The number of nitrogens with zero attached hydrogens (tertiary/aromatic N) is 10. The van der Waals surface area contributed by atoms with E-state index in [4.69, 9.17) is 69.3 Å². The van der Waals surface area contributed by atoms with Gasteiger partial charge >= 0.3 is 39.0 Å². The van der Waals surface area contributed by atoms with E-state index in [0.29, 0.717) is 95.7 Å². The Balaban J connectivity index is -0.000000238. The molecule has 776 valence electrons. The molecule has 0 aliphatic carbocycles. The standard InChI is InChI=1S/C18H13F3N4O3.C14H8BrF3N2O3.C10H17BN2O2.C8H18O3.C7H6BF3O3.C7H5BrN2O2.C5H2BrClN2O3.C5H5BrN2O2.9CH4.2CH3.ClH.2V/c1-10-23-15-16(27-10)14(11-7-22-24(2)8-11)9-25(17(15)26)12-3-5-13(6-4-12)28-18(19,20)21;1-7-19-11-12(22-7)10(15)6-20(13(11)21)8-2-4-9(5-3-8)23-14(16,17)18;1-9(2)10(3,4)15-11(14-9)8-6-12-13(5)7-8;1-5-9-8(4,10-6-2)11-7-3;9-7(10,11)14-6-3-1-5(2-4-6)8(12)13;1-3-10-5-6(12-3)4(8)2-9-7(5)11;6-2-1-8-5(7)3(4(2)10)9(11)12;6-2-1-8-5(10)3(7)4(2)9;;;;;;;;;;;;;;/h3-9H,1-2H3;2-6H,1H3;6-7H,1-5H3;5-7H2,1-4H3;1-4,12-13H;2H,1H3,(H,9,11);1H,(H,8,10);1H,7H2,(H2,8,9,10);9*1H4;2*1H3;1H;;/q;;;;;;;;;;;;;;;;;2*-1;;;. The van der Waals surface area contributed by atoms with Crippen molar-refractivity contribution in [3.8, 4) is 45.5 Å². The minimum absolute atomic E-state index is 0. The number of anilines is 1. The van der Waals surface area contributed by atoms with Crippen molar-refractivity contribution < 1.29 is 148 Å². The number of benzene rings is 3. The molecule has 35 nitrogen and oxygen atoms in total. The van der Waals surface area contributed by atoms with Crippen LogP contribution in [0.4, 0.5) is 50.9 Å². The molecule has 13 aromatic rings. The van der Waals surface area contributed by atoms with Crippen molar-refractivity contribution >= 4 is 158 Å². The number of halogens is 15. The van der Waals surface area contributed by atoms with Gasteiger partial charge in [0.15, 0.2) is 61.9 Å². The molecule has 11 heterocycles. The van der Waals surface area contributed by atoms with E-state index in [1.54, 1.807) is 68.9 Å². The maximum atomic E-state index is 12.9. The number of nitro groups is 1. The first-order valence-corrected chi connectivity index (χ1v) is 39.3. The first-order chi connectivity index (χ1) is 58.2. The fourth-order valence-electron chi connectivity index (χ4n) is 10.4. The van der Waals surface area contributed by atoms with Gasteiger partial charge in [0.25, 0.3) is 33.6 Å². The monoisotopic (exact) mass is 2350 g/mol. The molecule has 54 heteroatoms. The van der Waals surface area contributed by atoms with Gasteiger partial charge in [-0.25, -0.2) is 15.0 Å². The van der Waals surface area contributed by atoms with Crippen LogP contribution in [0.2, 0.25) is 5.15 Å². The zero-order valence-corrected chi connectivity index (χ0v) is 81.4. The summed E-state index contributed by atoms with van der Waals surface area (Å²) >= 11 is 17.7. The number of aromatic hydroxyl groups is 1. The van der Waals surface area contributed by atoms with Crippen LogP contribution in [0.1, 0.15) is 140 Å². The van der Waals surface area contributed by atoms with Crippen LogP contribution in [0, 0.1) is 45.7 Å². The predicted molar refractivity (Wildman–Crippen MR) is 532 cm³/mol. The molecule has 1 aliphatic heterocycles. The van der Waals surface area contributed by atoms with Crippen LogP contribution in [0.5, 0.6) is 23.0 Å². The Kier molecular flexibility index (Phi) is 64.7. The number of rotatable bonds is 15. The van der Waals surface area contributed by atoms with E-state index >= 15 is 0 Å². The zero-order valence-electron chi connectivity index (χ0n) is 70.7. The Morgan fingerprint density at radius 3 is 1.27 bits per heavy atom. The molecule has 1 aliphatic rings. The second-order valence-corrected chi connectivity index (χ2v) is 30.2. The van der Waals surface area contributed by atoms with Gasteiger partial charge in [-0.1, -0.05) is 90.6 Å². The second-order valence-electron chi connectivity index (χ2n) is 26.4. The third kappa shape index (κ3) is 41.2. The Labute approximate surface area is 867 Å². The Hall–Kier alpha value is -9.47. The molecule has 10 aromatic heterocycles. The maximum absolute atomic E-state index is 12.9. The van der Waals surface area contributed by atoms with Gasteiger partial charge in [0.1, 0.15) is 22.9 Å². The van der Waals surface area contributed by atoms with E-state index in [2.05, 4.69) is 118 Å². The Morgan fingerprint density at radius 1 is 0.547 bits per heavy atom. The molecule has 0 saturated carbocycles. The zero-order chi connectivity index (χ0) is 93.3. The van der Waals surface area contributed by atoms with Crippen LogP contribution in [-0.4, -0.2) is 149 Å². The van der Waals surface area contributed by atoms with Crippen molar-refractivity contribution in [2.24, 2.45) is 14.1 Å². The summed E-state index contributed by atoms with van der Waals surface area (Å²) in [4.78, 5) is 86.9. The third-order valence-corrected chi connectivity index (χ3v) is 19.2. The molecule has 0 amide bonds. The number of fused-ring (bicyclic) bond motifs is 3. The fourth-order valence-corrected chi connectivity index (χ4v) is 12.1. The van der Waals surface area contributed by atoms with Crippen LogP contribution in [0.25, 0.3) is 55.8 Å². The molecule has 0 spiro atoms. The smallest absolute Gasteiger partial charge is 0.504 e. The van der Waals surface area contributed by atoms with Gasteiger partial charge in [0, 0.05) is 176 Å². The second kappa shape index (κ2) is 62.1. The van der Waals surface area contributed by atoms with Crippen molar-refractivity contribution in [3.63, 3.8) is 0 Å². The number of nitrogen functional groups attached to an aromatic ring is 1. The molecular weight excluding hydrogens is 2240 g/mol. The first-order valence-electron chi connectivity index (χ1n) is 35.8. The van der Waals surface area contributed by atoms with E-state index in [0.717, 1.165) is 54.0 Å². The molecule has 3 aromatic carbocycles. The molecule has 139 heavy (non-hydrogen) atoms. The molecule has 8 N–H and O–H groups in total. The average Bonchev–Trinajstić information content (AvgIpc) is 1.66. The van der Waals surface area contributed by atoms with Gasteiger partial charge in [-0.2, -0.15) is 10.2 Å². The van der Waals surface area contributed by atoms with Crippen molar-refractivity contribution in [3.05, 3.63) is 246 Å². The minimum Gasteiger partial charge on any atom is -0.504 e. The first kappa shape index (κ1) is 145. The number of hydrogen-bond donors (Lipinski definition) is 7. The number of nitrogens with two attached hydrogens (primary N) is 1. The number of aromatic nitrogens is 12. The van der Waals surface area contributed by atoms with Crippen LogP contribution < -0.4 is 58.5 Å². The van der Waals surface area contributed by atoms with Gasteiger partial charge in [-0.15, -0.1) is 51.9 Å². The summed E-state index contributed by atoms with van der Waals surface area (Å²) in [6.07, 6.45) is -0.101. The van der Waals surface area contributed by atoms with Gasteiger partial charge < -0.3 is 102 Å². The largest absolute Gasteiger partial charge is 0.573 e. The summed E-state index contributed by atoms with van der Waals surface area (Å²) in [5.74, 6) is -1.07. The van der Waals surface area contributed by atoms with Gasteiger partial charge in [-0.05, 0) is 178 Å². The molecule has 0 atom stereocenters. The number of hydrogen-bond acceptors (Lipinski definition) is 27. The quantitative estimate of drug-likeness (QED) is 0.00953. The maximum Gasteiger partial charge on any atom is 0.573 e. The molecular formula is C85H117B2Br4Cl2F9N14O21V2-2. The SMILES string of the molecule is C.C.C.C.C.C.C.C.C.CCOC(C)(OCC)OCC.Cc1nc2c(=O)[nH]cc(Br)c2o1.Cc1nc2c(=O)n(-c3ccc(OC(F)(F)F)cc3)cc(-c3cnn(C)c3)c2o1.Cc1nc2c(=O)n(-c3ccc(OC(F)(F)F)cc3)cc(Br)c2o1.Cl.Cn1cc(B2OC(C)(C)C(C)(C)O2)cn1.Nc1c(O)c(Br)c[nH]c1=O.O=c1c(Br)c[nH]c(Cl)c1[N+](=O)[O-].OB(O)c1ccc(OC(F)(F)F)cc1.[CH3-].[CH3-].[V].[V]. The van der Waals surface area contributed by atoms with E-state index in [1.807, 2.05) is 61.7 Å². The number of alkyl halides is 9. The number of aryl methyl sites for hydroxylation is 5. The van der Waals surface area contributed by atoms with E-state index in [9.17, 15) is 73.6 Å². The van der Waals surface area contributed by atoms with Crippen molar-refractivity contribution in [2.75, 3.05) is 25.6 Å². The van der Waals surface area contributed by atoms with Crippen LogP contribution >= 0.6 is 87.7 Å². The van der Waals surface area contributed by atoms with E-state index in [-0.39, 0.29) is 204 Å². The number of nitrogens with one attached hydrogen (secondary N) is 3. The summed E-state index contributed by atoms with van der Waals surface area (Å²) in [6, 6.07) is 14.2. The summed E-state index contributed by atoms with van der Waals surface area (Å²) in [6.45, 7) is 22.4. The molecule has 1 saturated heterocycles. The number of oxazole rings is 3. The summed E-state index contributed by atoms with van der Waals surface area (Å²) in [5.41, 5.74) is 6.23. The van der Waals surface area contributed by atoms with Gasteiger partial charge in [0.2, 0.25) is 0 Å². The van der Waals surface area contributed by atoms with Crippen LogP contribution in [0.15, 0.2) is 184 Å². The van der Waals surface area contributed by atoms with Crippen molar-refractivity contribution in [1.29, 1.82) is 0 Å². The molecule has 14 rings (SSSR count). The fraction of sp³-hybridized carbons (Fsp3) is 0.365. The minimum atomic E-state index is -4.79. The molecule has 1 fully saturated rings. The topological polar surface area (TPSA) is 460 Å². The number of ether oxygens (including phenoxy) is 6. The van der Waals surface area contributed by atoms with Crippen molar-refractivity contribution in [2.45, 2.75) is 179 Å². The number of aromatic amines is 3. The summed E-state index contributed by atoms with van der Waals surface area (Å²) < 4.78 is 171. The van der Waals surface area contributed by atoms with E-state index in [1.165, 1.54) is 58.2 Å². The third-order valence-electron chi connectivity index (χ3n) is 16.6. The van der Waals surface area contributed by atoms with Gasteiger partial charge in [0.05, 0.1) is 40.2 Å². The average molecular weight is 2360 g/mol. The van der Waals surface area contributed by atoms with Crippen molar-refractivity contribution in [1.82, 2.24) is 58.6 Å². The molecule has 0 unspecified atom stereocenters.